The van der Waals surface area contributed by atoms with Gasteiger partial charge in [0, 0.05) is 6.04 Å². The van der Waals surface area contributed by atoms with Crippen molar-refractivity contribution in [2.24, 2.45) is 5.73 Å². The Morgan fingerprint density at radius 2 is 2.14 bits per heavy atom. The normalized spacial score (nSPS) is 12.9. The molecule has 1 rings (SSSR count). The lowest BCUT2D eigenvalue weighted by Crippen LogP contribution is -2.06. The molecule has 0 heterocycles. The Morgan fingerprint density at radius 3 is 2.71 bits per heavy atom. The Morgan fingerprint density at radius 1 is 1.43 bits per heavy atom. The van der Waals surface area contributed by atoms with Crippen molar-refractivity contribution in [3.63, 3.8) is 0 Å². The quantitative estimate of drug-likeness (QED) is 0.784. The zero-order valence-corrected chi connectivity index (χ0v) is 8.89. The van der Waals surface area contributed by atoms with Crippen molar-refractivity contribution in [2.45, 2.75) is 39.2 Å². The molecular formula is C12H18FN. The first-order valence-electron chi connectivity index (χ1n) is 5.19. The molecule has 0 aliphatic heterocycles. The molecule has 14 heavy (non-hydrogen) atoms. The molecule has 0 spiro atoms. The van der Waals surface area contributed by atoms with Gasteiger partial charge in [-0.15, -0.1) is 0 Å². The smallest absolute Gasteiger partial charge is 0.126 e. The Hall–Kier alpha value is -0.890. The van der Waals surface area contributed by atoms with Crippen LogP contribution in [-0.4, -0.2) is 0 Å². The third-order valence-electron chi connectivity index (χ3n) is 2.40. The molecule has 78 valence electrons. The molecule has 1 aromatic rings. The lowest BCUT2D eigenvalue weighted by atomic mass is 10.0. The number of unbranched alkanes of at least 4 members (excludes halogenated alkanes) is 1. The Kier molecular flexibility index (Phi) is 4.08. The maximum absolute atomic E-state index is 13.3. The SMILES string of the molecule is CCCCc1cc(C(C)N)ccc1F. The maximum Gasteiger partial charge on any atom is 0.126 e. The summed E-state index contributed by atoms with van der Waals surface area (Å²) < 4.78 is 13.3. The first-order chi connectivity index (χ1) is 6.65. The van der Waals surface area contributed by atoms with Crippen LogP contribution in [0.1, 0.15) is 43.9 Å². The van der Waals surface area contributed by atoms with E-state index in [4.69, 9.17) is 5.73 Å². The average Bonchev–Trinajstić information content (AvgIpc) is 2.16. The van der Waals surface area contributed by atoms with Gasteiger partial charge in [-0.05, 0) is 37.0 Å². The third-order valence-corrected chi connectivity index (χ3v) is 2.40. The molecule has 0 fully saturated rings. The topological polar surface area (TPSA) is 26.0 Å². The molecule has 1 unspecified atom stereocenters. The van der Waals surface area contributed by atoms with Gasteiger partial charge in [-0.3, -0.25) is 0 Å². The van der Waals surface area contributed by atoms with Gasteiger partial charge in [-0.25, -0.2) is 4.39 Å². The van der Waals surface area contributed by atoms with Crippen LogP contribution in [0.3, 0.4) is 0 Å². The number of halogens is 1. The van der Waals surface area contributed by atoms with Gasteiger partial charge in [-0.2, -0.15) is 0 Å². The molecule has 0 radical (unpaired) electrons. The molecular weight excluding hydrogens is 177 g/mol. The fourth-order valence-electron chi connectivity index (χ4n) is 1.44. The molecule has 0 amide bonds. The van der Waals surface area contributed by atoms with Gasteiger partial charge in [0.1, 0.15) is 5.82 Å². The summed E-state index contributed by atoms with van der Waals surface area (Å²) in [5, 5.41) is 0. The van der Waals surface area contributed by atoms with E-state index in [0.717, 1.165) is 30.4 Å². The lowest BCUT2D eigenvalue weighted by Gasteiger charge is -2.09. The number of hydrogen-bond donors (Lipinski definition) is 1. The number of hydrogen-bond acceptors (Lipinski definition) is 1. The molecule has 1 atom stereocenters. The van der Waals surface area contributed by atoms with E-state index in [0.29, 0.717) is 0 Å². The van der Waals surface area contributed by atoms with Gasteiger partial charge in [-0.1, -0.05) is 25.5 Å². The van der Waals surface area contributed by atoms with E-state index in [2.05, 4.69) is 6.92 Å². The van der Waals surface area contributed by atoms with Gasteiger partial charge in [0.2, 0.25) is 0 Å². The second-order valence-electron chi connectivity index (χ2n) is 3.74. The summed E-state index contributed by atoms with van der Waals surface area (Å²) in [5.74, 6) is -0.108. The summed E-state index contributed by atoms with van der Waals surface area (Å²) in [6.45, 7) is 4.02. The first kappa shape index (κ1) is 11.2. The molecule has 0 aliphatic rings. The molecule has 1 nitrogen and oxygen atoms in total. The van der Waals surface area contributed by atoms with E-state index < -0.39 is 0 Å². The predicted octanol–water partition coefficient (Wildman–Crippen LogP) is 3.19. The van der Waals surface area contributed by atoms with Crippen LogP contribution in [0.4, 0.5) is 4.39 Å². The first-order valence-corrected chi connectivity index (χ1v) is 5.19. The summed E-state index contributed by atoms with van der Waals surface area (Å²) >= 11 is 0. The number of aryl methyl sites for hydroxylation is 1. The van der Waals surface area contributed by atoms with Crippen LogP contribution in [0.2, 0.25) is 0 Å². The van der Waals surface area contributed by atoms with E-state index in [1.807, 2.05) is 13.0 Å². The van der Waals surface area contributed by atoms with Crippen LogP contribution in [0.15, 0.2) is 18.2 Å². The van der Waals surface area contributed by atoms with Crippen molar-refractivity contribution in [1.29, 1.82) is 0 Å². The summed E-state index contributed by atoms with van der Waals surface area (Å²) in [6, 6.07) is 5.14. The fraction of sp³-hybridized carbons (Fsp3) is 0.500. The van der Waals surface area contributed by atoms with Crippen LogP contribution in [0.5, 0.6) is 0 Å². The minimum Gasteiger partial charge on any atom is -0.324 e. The number of benzene rings is 1. The standard InChI is InChI=1S/C12H18FN/c1-3-4-5-11-8-10(9(2)14)6-7-12(11)13/h6-9H,3-5,14H2,1-2H3. The molecule has 0 bridgehead atoms. The highest BCUT2D eigenvalue weighted by Crippen LogP contribution is 2.17. The van der Waals surface area contributed by atoms with Crippen LogP contribution in [0.25, 0.3) is 0 Å². The van der Waals surface area contributed by atoms with Gasteiger partial charge in [0.25, 0.3) is 0 Å². The Labute approximate surface area is 85.1 Å². The fourth-order valence-corrected chi connectivity index (χ4v) is 1.44. The molecule has 0 saturated carbocycles. The lowest BCUT2D eigenvalue weighted by molar-refractivity contribution is 0.601. The van der Waals surface area contributed by atoms with Gasteiger partial charge in [0.15, 0.2) is 0 Å². The van der Waals surface area contributed by atoms with Crippen molar-refractivity contribution in [3.8, 4) is 0 Å². The average molecular weight is 195 g/mol. The molecule has 1 aromatic carbocycles. The van der Waals surface area contributed by atoms with E-state index in [9.17, 15) is 4.39 Å². The second-order valence-corrected chi connectivity index (χ2v) is 3.74. The predicted molar refractivity (Wildman–Crippen MR) is 57.6 cm³/mol. The second kappa shape index (κ2) is 5.11. The highest BCUT2D eigenvalue weighted by Gasteiger charge is 2.05. The highest BCUT2D eigenvalue weighted by atomic mass is 19.1. The number of nitrogens with two attached hydrogens (primary N) is 1. The zero-order valence-electron chi connectivity index (χ0n) is 8.89. The van der Waals surface area contributed by atoms with Crippen molar-refractivity contribution in [2.75, 3.05) is 0 Å². The minimum absolute atomic E-state index is 0.0176. The largest absolute Gasteiger partial charge is 0.324 e. The van der Waals surface area contributed by atoms with Crippen molar-refractivity contribution >= 4 is 0 Å². The van der Waals surface area contributed by atoms with Crippen molar-refractivity contribution in [1.82, 2.24) is 0 Å². The summed E-state index contributed by atoms with van der Waals surface area (Å²) in [7, 11) is 0. The molecule has 0 saturated heterocycles. The van der Waals surface area contributed by atoms with Crippen LogP contribution in [0, 0.1) is 5.82 Å². The minimum atomic E-state index is -0.108. The van der Waals surface area contributed by atoms with Crippen LogP contribution < -0.4 is 5.73 Å². The molecule has 2 N–H and O–H groups in total. The molecule has 0 aliphatic carbocycles. The third kappa shape index (κ3) is 2.81. The van der Waals surface area contributed by atoms with Gasteiger partial charge < -0.3 is 5.73 Å². The van der Waals surface area contributed by atoms with Crippen molar-refractivity contribution < 1.29 is 4.39 Å². The van der Waals surface area contributed by atoms with Crippen LogP contribution >= 0.6 is 0 Å². The summed E-state index contributed by atoms with van der Waals surface area (Å²) in [5.41, 5.74) is 7.54. The molecule has 0 aromatic heterocycles. The monoisotopic (exact) mass is 195 g/mol. The van der Waals surface area contributed by atoms with Crippen LogP contribution in [-0.2, 0) is 6.42 Å². The molecule has 2 heteroatoms. The van der Waals surface area contributed by atoms with Crippen molar-refractivity contribution in [3.05, 3.63) is 35.1 Å². The summed E-state index contributed by atoms with van der Waals surface area (Å²) in [4.78, 5) is 0. The summed E-state index contributed by atoms with van der Waals surface area (Å²) in [6.07, 6.45) is 2.92. The Bertz CT molecular complexity index is 294. The van der Waals surface area contributed by atoms with Gasteiger partial charge in [0.05, 0.1) is 0 Å². The highest BCUT2D eigenvalue weighted by molar-refractivity contribution is 5.27. The van der Waals surface area contributed by atoms with E-state index >= 15 is 0 Å². The number of rotatable bonds is 4. The van der Waals surface area contributed by atoms with E-state index in [1.54, 1.807) is 6.07 Å². The maximum atomic E-state index is 13.3. The van der Waals surface area contributed by atoms with E-state index in [1.165, 1.54) is 6.07 Å². The Balaban J connectivity index is 2.85. The zero-order chi connectivity index (χ0) is 10.6. The van der Waals surface area contributed by atoms with E-state index in [-0.39, 0.29) is 11.9 Å². The van der Waals surface area contributed by atoms with Gasteiger partial charge >= 0.3 is 0 Å².